The van der Waals surface area contributed by atoms with Crippen molar-refractivity contribution in [2.45, 2.75) is 81.8 Å². The number of aliphatic hydroxyl groups is 2. The van der Waals surface area contributed by atoms with Crippen LogP contribution in [-0.4, -0.2) is 60.2 Å². The van der Waals surface area contributed by atoms with Gasteiger partial charge in [0.2, 0.25) is 5.78 Å². The summed E-state index contributed by atoms with van der Waals surface area (Å²) in [6, 6.07) is 7.85. The number of aliphatic hydroxyl groups excluding tert-OH is 2. The van der Waals surface area contributed by atoms with Crippen LogP contribution in [-0.2, 0) is 29.0 Å². The van der Waals surface area contributed by atoms with E-state index in [1.807, 2.05) is 6.92 Å². The molecular weight excluding hydrogens is 520 g/mol. The molecule has 8 nitrogen and oxygen atoms in total. The van der Waals surface area contributed by atoms with Crippen LogP contribution in [0.2, 0.25) is 0 Å². The first-order valence-corrected chi connectivity index (χ1v) is 15.6. The summed E-state index contributed by atoms with van der Waals surface area (Å²) in [4.78, 5) is 38.8. The largest absolute Gasteiger partial charge is 0.450 e. The number of Topliss-reactive ketones (excluding diaryl/α,β-unsaturated/α-hetero) is 1. The van der Waals surface area contributed by atoms with E-state index in [0.29, 0.717) is 19.3 Å². The van der Waals surface area contributed by atoms with Gasteiger partial charge >= 0.3 is 5.97 Å². The fraction of sp³-hybridized carbons (Fsp3) is 0.633. The van der Waals surface area contributed by atoms with Crippen molar-refractivity contribution in [1.29, 1.82) is 0 Å². The Morgan fingerprint density at radius 1 is 1.08 bits per heavy atom. The third kappa shape index (κ3) is 4.41. The standard InChI is InChI=1S/C30H38O8S/c1-28-13-10-20(32)16-19(28)8-9-22-23-11-14-30(25(34)18-31,29(23,2)17-24(33)27(22)28)38-26(35)12-15-39(36,37)21-6-4-3-5-7-21/h3-7,16,22-24,27,31,33H,8-15,17-18H2,1-2H3/t22?,23-,24?,27+,28?,29?,30-/m0/s1. The molecule has 2 N–H and O–H groups in total. The van der Waals surface area contributed by atoms with E-state index in [-0.39, 0.29) is 46.7 Å². The summed E-state index contributed by atoms with van der Waals surface area (Å²) >= 11 is 0. The van der Waals surface area contributed by atoms with Crippen molar-refractivity contribution >= 4 is 27.4 Å². The van der Waals surface area contributed by atoms with Crippen molar-refractivity contribution in [3.8, 4) is 0 Å². The zero-order valence-corrected chi connectivity index (χ0v) is 23.4. The van der Waals surface area contributed by atoms with Gasteiger partial charge in [-0.1, -0.05) is 37.6 Å². The van der Waals surface area contributed by atoms with Gasteiger partial charge in [0.15, 0.2) is 21.2 Å². The van der Waals surface area contributed by atoms with Crippen LogP contribution in [0.3, 0.4) is 0 Å². The summed E-state index contributed by atoms with van der Waals surface area (Å²) < 4.78 is 31.4. The number of allylic oxidation sites excluding steroid dienone is 1. The molecule has 1 aromatic rings. The van der Waals surface area contributed by atoms with Crippen LogP contribution in [0.1, 0.15) is 65.2 Å². The van der Waals surface area contributed by atoms with E-state index in [0.717, 1.165) is 18.4 Å². The Hall–Kier alpha value is -2.36. The molecule has 4 unspecified atom stereocenters. The predicted molar refractivity (Wildman–Crippen MR) is 142 cm³/mol. The minimum atomic E-state index is -3.72. The molecule has 7 atom stereocenters. The topological polar surface area (TPSA) is 135 Å². The second kappa shape index (κ2) is 9.93. The highest BCUT2D eigenvalue weighted by molar-refractivity contribution is 7.91. The van der Waals surface area contributed by atoms with E-state index < -0.39 is 57.5 Å². The first kappa shape index (κ1) is 28.2. The van der Waals surface area contributed by atoms with E-state index in [1.165, 1.54) is 12.1 Å². The van der Waals surface area contributed by atoms with Gasteiger partial charge < -0.3 is 14.9 Å². The minimum absolute atomic E-state index is 0.0294. The monoisotopic (exact) mass is 558 g/mol. The summed E-state index contributed by atoms with van der Waals surface area (Å²) in [5.74, 6) is -1.78. The van der Waals surface area contributed by atoms with Crippen molar-refractivity contribution in [3.05, 3.63) is 42.0 Å². The van der Waals surface area contributed by atoms with Crippen molar-refractivity contribution in [2.24, 2.45) is 28.6 Å². The van der Waals surface area contributed by atoms with E-state index in [4.69, 9.17) is 4.74 Å². The average Bonchev–Trinajstić information content (AvgIpc) is 3.19. The Kier molecular flexibility index (Phi) is 7.17. The van der Waals surface area contributed by atoms with Crippen LogP contribution in [0.5, 0.6) is 0 Å². The second-order valence-electron chi connectivity index (χ2n) is 12.4. The van der Waals surface area contributed by atoms with Crippen LogP contribution in [0, 0.1) is 28.6 Å². The zero-order chi connectivity index (χ0) is 28.2. The van der Waals surface area contributed by atoms with Gasteiger partial charge in [0.1, 0.15) is 6.61 Å². The summed E-state index contributed by atoms with van der Waals surface area (Å²) in [6.45, 7) is 3.21. The Balaban J connectivity index is 1.41. The molecule has 1 aromatic carbocycles. The maximum atomic E-state index is 13.4. The molecule has 0 spiro atoms. The molecule has 3 fully saturated rings. The molecule has 9 heteroatoms. The SMILES string of the molecule is CC12CCC(=O)C=C1CCC1[C@@H]2C(O)CC2(C)[C@H]1CC[C@]2(OC(=O)CCS(=O)(=O)c1ccccc1)C(=O)CO. The van der Waals surface area contributed by atoms with Crippen molar-refractivity contribution in [1.82, 2.24) is 0 Å². The summed E-state index contributed by atoms with van der Waals surface area (Å²) in [7, 11) is -3.72. The third-order valence-electron chi connectivity index (χ3n) is 10.6. The van der Waals surface area contributed by atoms with Crippen LogP contribution >= 0.6 is 0 Å². The molecule has 5 rings (SSSR count). The minimum Gasteiger partial charge on any atom is -0.450 e. The van der Waals surface area contributed by atoms with Crippen LogP contribution in [0.15, 0.2) is 46.9 Å². The molecule has 4 aliphatic rings. The Morgan fingerprint density at radius 2 is 1.79 bits per heavy atom. The maximum Gasteiger partial charge on any atom is 0.307 e. The number of fused-ring (bicyclic) bond motifs is 5. The molecule has 4 aliphatic carbocycles. The zero-order valence-electron chi connectivity index (χ0n) is 22.6. The Bertz CT molecular complexity index is 1300. The molecule has 0 saturated heterocycles. The molecule has 0 amide bonds. The maximum absolute atomic E-state index is 13.4. The smallest absolute Gasteiger partial charge is 0.307 e. The number of ketones is 2. The lowest BCUT2D eigenvalue weighted by Crippen LogP contribution is -2.63. The number of hydrogen-bond donors (Lipinski definition) is 2. The number of carbonyl (C=O) groups excluding carboxylic acids is 3. The molecule has 0 heterocycles. The number of esters is 1. The van der Waals surface area contributed by atoms with Gasteiger partial charge in [0.25, 0.3) is 0 Å². The number of ether oxygens (including phenoxy) is 1. The lowest BCUT2D eigenvalue weighted by atomic mass is 9.45. The van der Waals surface area contributed by atoms with Gasteiger partial charge in [0, 0.05) is 11.8 Å². The number of hydrogen-bond acceptors (Lipinski definition) is 8. The van der Waals surface area contributed by atoms with Gasteiger partial charge in [-0.25, -0.2) is 8.42 Å². The van der Waals surface area contributed by atoms with Crippen LogP contribution in [0.25, 0.3) is 0 Å². The van der Waals surface area contributed by atoms with Gasteiger partial charge in [-0.05, 0) is 79.9 Å². The van der Waals surface area contributed by atoms with Gasteiger partial charge in [-0.3, -0.25) is 14.4 Å². The molecule has 3 saturated carbocycles. The van der Waals surface area contributed by atoms with Gasteiger partial charge in [-0.2, -0.15) is 0 Å². The number of sulfone groups is 1. The normalized spacial score (nSPS) is 37.7. The molecule has 0 radical (unpaired) electrons. The first-order chi connectivity index (χ1) is 18.4. The lowest BCUT2D eigenvalue weighted by molar-refractivity contribution is -0.202. The van der Waals surface area contributed by atoms with Gasteiger partial charge in [-0.15, -0.1) is 0 Å². The second-order valence-corrected chi connectivity index (χ2v) is 14.5. The fourth-order valence-corrected chi connectivity index (χ4v) is 9.94. The highest BCUT2D eigenvalue weighted by Crippen LogP contribution is 2.68. The number of benzene rings is 1. The van der Waals surface area contributed by atoms with E-state index in [1.54, 1.807) is 24.3 Å². The highest BCUT2D eigenvalue weighted by Gasteiger charge is 2.70. The van der Waals surface area contributed by atoms with E-state index in [9.17, 15) is 33.0 Å². The molecular formula is C30H38O8S. The number of rotatable bonds is 7. The fourth-order valence-electron chi connectivity index (χ4n) is 8.69. The quantitative estimate of drug-likeness (QED) is 0.487. The van der Waals surface area contributed by atoms with Crippen molar-refractivity contribution in [3.63, 3.8) is 0 Å². The molecule has 212 valence electrons. The molecule has 0 bridgehead atoms. The average molecular weight is 559 g/mol. The lowest BCUT2D eigenvalue weighted by Gasteiger charge is -2.60. The highest BCUT2D eigenvalue weighted by atomic mass is 32.2. The Morgan fingerprint density at radius 3 is 2.49 bits per heavy atom. The summed E-state index contributed by atoms with van der Waals surface area (Å²) in [5.41, 5.74) is -1.74. The van der Waals surface area contributed by atoms with E-state index >= 15 is 0 Å². The Labute approximate surface area is 229 Å². The summed E-state index contributed by atoms with van der Waals surface area (Å²) in [6.07, 6.45) is 4.26. The predicted octanol–water partition coefficient (Wildman–Crippen LogP) is 3.20. The van der Waals surface area contributed by atoms with Crippen molar-refractivity contribution in [2.75, 3.05) is 12.4 Å². The van der Waals surface area contributed by atoms with Crippen LogP contribution < -0.4 is 0 Å². The molecule has 0 aliphatic heterocycles. The molecule has 39 heavy (non-hydrogen) atoms. The van der Waals surface area contributed by atoms with Crippen LogP contribution in [0.4, 0.5) is 0 Å². The number of carbonyl (C=O) groups is 3. The van der Waals surface area contributed by atoms with Crippen molar-refractivity contribution < 1.29 is 37.8 Å². The van der Waals surface area contributed by atoms with Gasteiger partial charge in [0.05, 0.1) is 23.2 Å². The first-order valence-electron chi connectivity index (χ1n) is 13.9. The van der Waals surface area contributed by atoms with E-state index in [2.05, 4.69) is 6.92 Å². The third-order valence-corrected chi connectivity index (χ3v) is 12.3. The molecule has 0 aromatic heterocycles. The summed E-state index contributed by atoms with van der Waals surface area (Å²) in [5, 5.41) is 21.6.